The van der Waals surface area contributed by atoms with Gasteiger partial charge in [-0.2, -0.15) is 0 Å². The molecule has 2 nitrogen and oxygen atoms in total. The van der Waals surface area contributed by atoms with Crippen molar-refractivity contribution in [3.05, 3.63) is 0 Å². The third kappa shape index (κ3) is 4.44. The van der Waals surface area contributed by atoms with Crippen LogP contribution in [-0.2, 0) is 4.79 Å². The Labute approximate surface area is 100 Å². The van der Waals surface area contributed by atoms with E-state index < -0.39 is 0 Å². The van der Waals surface area contributed by atoms with Crippen LogP contribution in [0.25, 0.3) is 0 Å². The Kier molecular flexibility index (Phi) is 5.08. The van der Waals surface area contributed by atoms with E-state index in [1.807, 2.05) is 20.9 Å². The van der Waals surface area contributed by atoms with Gasteiger partial charge in [0.1, 0.15) is 0 Å². The molecule has 0 bridgehead atoms. The summed E-state index contributed by atoms with van der Waals surface area (Å²) in [5, 5.41) is 3.24. The number of carbonyl (C=O) groups excluding carboxylic acids is 1. The molecule has 0 aliphatic carbocycles. The Hall–Kier alpha value is 1.20. The number of hydrogen-bond acceptors (Lipinski definition) is 2. The zero-order chi connectivity index (χ0) is 9.99. The molecule has 0 spiro atoms. The summed E-state index contributed by atoms with van der Waals surface area (Å²) in [6, 6.07) is 0. The molecule has 0 amide bonds. The molecule has 0 radical (unpaired) electrons. The van der Waals surface area contributed by atoms with E-state index in [1.165, 1.54) is 0 Å². The topological polar surface area (TPSA) is 29.1 Å². The SMILES string of the molecule is CNC(C)(C)[Xe]C(C)(C)C(C)=O. The van der Waals surface area contributed by atoms with E-state index in [0.717, 1.165) is 0 Å². The van der Waals surface area contributed by atoms with Gasteiger partial charge in [-0.05, 0) is 0 Å². The number of ketones is 1. The predicted molar refractivity (Wildman–Crippen MR) is 47.9 cm³/mol. The van der Waals surface area contributed by atoms with Crippen molar-refractivity contribution in [2.24, 2.45) is 0 Å². The zero-order valence-electron chi connectivity index (χ0n) is 8.76. The minimum absolute atomic E-state index is 0.0194. The monoisotopic (exact) mass is 289 g/mol. The van der Waals surface area contributed by atoms with Gasteiger partial charge in [0.05, 0.1) is 0 Å². The van der Waals surface area contributed by atoms with Gasteiger partial charge in [0.25, 0.3) is 0 Å². The third-order valence-corrected chi connectivity index (χ3v) is 5.60. The summed E-state index contributed by atoms with van der Waals surface area (Å²) in [5.41, 5.74) is 0. The van der Waals surface area contributed by atoms with Crippen LogP contribution in [0.5, 0.6) is 0 Å². The van der Waals surface area contributed by atoms with E-state index in [2.05, 4.69) is 19.2 Å². The number of rotatable bonds is 4. The Morgan fingerprint density at radius 1 is 1.25 bits per heavy atom. The summed E-state index contributed by atoms with van der Waals surface area (Å²) in [7, 11) is 1.95. The Morgan fingerprint density at radius 3 is 1.92 bits per heavy atom. The van der Waals surface area contributed by atoms with E-state index in [9.17, 15) is 4.79 Å². The van der Waals surface area contributed by atoms with Gasteiger partial charge in [-0.15, -0.1) is 0 Å². The summed E-state index contributed by atoms with van der Waals surface area (Å²) in [6.07, 6.45) is 0. The molecule has 0 aromatic heterocycles. The quantitative estimate of drug-likeness (QED) is 0.855. The van der Waals surface area contributed by atoms with Crippen LogP contribution in [0, 0.1) is 44.2 Å². The molecule has 12 heavy (non-hydrogen) atoms. The fraction of sp³-hybridized carbons (Fsp3) is 0.889. The molecule has 0 aliphatic rings. The molecule has 74 valence electrons. The molecule has 0 heterocycles. The van der Waals surface area contributed by atoms with Crippen LogP contribution in [0.3, 0.4) is 0 Å². The van der Waals surface area contributed by atoms with Crippen molar-refractivity contribution >= 4 is 5.78 Å². The van der Waals surface area contributed by atoms with E-state index in [4.69, 9.17) is 0 Å². The van der Waals surface area contributed by atoms with Gasteiger partial charge in [0.15, 0.2) is 0 Å². The molecular weight excluding hydrogens is 269 g/mol. The average molecular weight is 289 g/mol. The summed E-state index contributed by atoms with van der Waals surface area (Å²) in [5.74, 6) is 0.295. The van der Waals surface area contributed by atoms with Crippen LogP contribution >= 0.6 is 0 Å². The van der Waals surface area contributed by atoms with Crippen LogP contribution in [0.2, 0.25) is -0.117 Å². The minimum atomic E-state index is -0.126. The number of carbonyl (C=O) groups is 1. The molecule has 3 heteroatoms. The van der Waals surface area contributed by atoms with Crippen molar-refractivity contribution in [3.63, 3.8) is 0 Å². The molecule has 0 saturated heterocycles. The molecule has 0 aliphatic heterocycles. The second kappa shape index (κ2) is 4.62. The first-order chi connectivity index (χ1) is 5.21. The molecule has 1 N–H and O–H groups in total. The van der Waals surface area contributed by atoms with Gasteiger partial charge in [0, 0.05) is 0 Å². The van der Waals surface area contributed by atoms with Crippen molar-refractivity contribution in [1.82, 2.24) is 5.32 Å². The third-order valence-electron chi connectivity index (χ3n) is 1.86. The van der Waals surface area contributed by atoms with E-state index in [0.29, 0.717) is 5.78 Å². The molecule has 0 aromatic rings. The Morgan fingerprint density at radius 2 is 1.67 bits per heavy atom. The van der Waals surface area contributed by atoms with Crippen molar-refractivity contribution < 1.29 is 49.0 Å². The van der Waals surface area contributed by atoms with Gasteiger partial charge in [-0.1, -0.05) is 0 Å². The van der Waals surface area contributed by atoms with Crippen LogP contribution in [0.4, 0.5) is 0 Å². The fourth-order valence-electron chi connectivity index (χ4n) is 0.659. The van der Waals surface area contributed by atoms with Crippen LogP contribution < -0.4 is 5.32 Å². The number of nitrogens with one attached hydrogen (secondary N) is 1. The maximum absolute atomic E-state index is 11.3. The first-order valence-electron chi connectivity index (χ1n) is 4.06. The fourth-order valence-corrected chi connectivity index (χ4v) is 4.42. The average Bonchev–Trinajstić information content (AvgIpc) is 1.85. The van der Waals surface area contributed by atoms with E-state index in [1.54, 1.807) is 6.92 Å². The summed E-state index contributed by atoms with van der Waals surface area (Å²) >= 11 is 0.0194. The normalized spacial score (nSPS) is 13.5. The molecule has 0 fully saturated rings. The van der Waals surface area contributed by atoms with Crippen LogP contribution in [0.1, 0.15) is 34.6 Å². The van der Waals surface area contributed by atoms with Gasteiger partial charge in [-0.25, -0.2) is 0 Å². The molecule has 0 saturated carbocycles. The van der Waals surface area contributed by atoms with Gasteiger partial charge < -0.3 is 0 Å². The second-order valence-corrected chi connectivity index (χ2v) is 9.33. The van der Waals surface area contributed by atoms with Crippen LogP contribution in [0.15, 0.2) is 0 Å². The van der Waals surface area contributed by atoms with Gasteiger partial charge >= 0.3 is 102 Å². The van der Waals surface area contributed by atoms with Crippen molar-refractivity contribution in [2.75, 3.05) is 7.05 Å². The molecular formula is C9H19NOXe. The molecule has 0 aromatic carbocycles. The second-order valence-electron chi connectivity index (χ2n) is 3.78. The molecule has 0 rings (SSSR count). The van der Waals surface area contributed by atoms with Gasteiger partial charge in [-0.3, -0.25) is 0 Å². The van der Waals surface area contributed by atoms with Crippen molar-refractivity contribution in [1.29, 1.82) is 0 Å². The zero-order valence-corrected chi connectivity index (χ0v) is 10.8. The summed E-state index contributed by atoms with van der Waals surface area (Å²) in [6.45, 7) is 10.0. The molecule has 0 atom stereocenters. The van der Waals surface area contributed by atoms with Crippen LogP contribution in [-0.4, -0.2) is 12.8 Å². The van der Waals surface area contributed by atoms with Gasteiger partial charge in [0.2, 0.25) is 0 Å². The Balaban J connectivity index is 4.34. The number of hydrogen-bond donors (Lipinski definition) is 1. The van der Waals surface area contributed by atoms with Crippen molar-refractivity contribution in [3.8, 4) is 0 Å². The summed E-state index contributed by atoms with van der Waals surface area (Å²) < 4.78 is 0.00111. The standard InChI is InChI=1S/C9H19NOXe/c1-7(11)8(2,3)12-9(4,5)10-6/h10H,1-6H3. The Bertz CT molecular complexity index is 175. The van der Waals surface area contributed by atoms with Crippen molar-refractivity contribution in [2.45, 2.75) is 34.5 Å². The molecule has 0 unspecified atom stereocenters. The summed E-state index contributed by atoms with van der Waals surface area (Å²) in [4.78, 5) is 11.3. The first-order valence-corrected chi connectivity index (χ1v) is 6.08. The maximum atomic E-state index is 11.3. The predicted octanol–water partition coefficient (Wildman–Crippen LogP) is 1.81. The first kappa shape index (κ1) is 13.2. The number of Topliss-reactive ketones (excluding diaryl/α,β-unsaturated/α-hetero) is 1. The van der Waals surface area contributed by atoms with E-state index in [-0.39, 0.29) is 44.1 Å². The van der Waals surface area contributed by atoms with E-state index >= 15 is 0 Å².